The summed E-state index contributed by atoms with van der Waals surface area (Å²) in [6, 6.07) is 12.3. The monoisotopic (exact) mass is 433 g/mol. The number of hydrogen-bond donors (Lipinski definition) is 1. The van der Waals surface area contributed by atoms with Crippen LogP contribution in [0.1, 0.15) is 38.3 Å². The number of hydrogen-bond acceptors (Lipinski definition) is 5. The summed E-state index contributed by atoms with van der Waals surface area (Å²) >= 11 is 1.71. The summed E-state index contributed by atoms with van der Waals surface area (Å²) in [5.74, 6) is 5.48. The Hall–Kier alpha value is -3.37. The summed E-state index contributed by atoms with van der Waals surface area (Å²) in [4.78, 5) is 27.1. The highest BCUT2D eigenvalue weighted by atomic mass is 32.1. The fraction of sp³-hybridized carbons (Fsp3) is 0.292. The summed E-state index contributed by atoms with van der Waals surface area (Å²) in [6.07, 6.45) is 0.174. The first-order valence-electron chi connectivity index (χ1n) is 9.90. The van der Waals surface area contributed by atoms with Crippen LogP contribution in [-0.2, 0) is 19.9 Å². The molecule has 3 aromatic rings. The Balaban J connectivity index is 1.86. The molecule has 1 aliphatic rings. The predicted octanol–water partition coefficient (Wildman–Crippen LogP) is 4.26. The molecule has 7 heteroatoms. The number of esters is 1. The van der Waals surface area contributed by atoms with Crippen molar-refractivity contribution >= 4 is 49.3 Å². The maximum atomic E-state index is 12.7. The molecule has 158 valence electrons. The Morgan fingerprint density at radius 3 is 2.58 bits per heavy atom. The zero-order chi connectivity index (χ0) is 22.3. The summed E-state index contributed by atoms with van der Waals surface area (Å²) in [5, 5.41) is 10.7. The van der Waals surface area contributed by atoms with Crippen molar-refractivity contribution in [1.82, 2.24) is 9.80 Å². The van der Waals surface area contributed by atoms with Crippen molar-refractivity contribution in [3.8, 4) is 11.8 Å². The van der Waals surface area contributed by atoms with Gasteiger partial charge in [0.15, 0.2) is 6.73 Å². The van der Waals surface area contributed by atoms with Crippen LogP contribution < -0.4 is 0 Å². The van der Waals surface area contributed by atoms with Crippen molar-refractivity contribution in [2.24, 2.45) is 0 Å². The second kappa shape index (κ2) is 7.71. The Labute approximate surface area is 184 Å². The highest BCUT2D eigenvalue weighted by Gasteiger charge is 2.45. The molecule has 2 heterocycles. The van der Waals surface area contributed by atoms with Crippen molar-refractivity contribution in [3.63, 3.8) is 0 Å². The SMILES string of the molecule is CC#Cc1ccc2sc3ccc([C@]4(C)CC(=O)N(C)C(=N)N4COC(C)=O)cc3c2c1. The third-order valence-electron chi connectivity index (χ3n) is 5.80. The second-order valence-electron chi connectivity index (χ2n) is 7.82. The highest BCUT2D eigenvalue weighted by Crippen LogP contribution is 2.41. The smallest absolute Gasteiger partial charge is 0.304 e. The lowest BCUT2D eigenvalue weighted by molar-refractivity contribution is -0.148. The standard InChI is InChI=1S/C24H23N3O3S/c1-5-6-16-7-9-20-18(11-16)19-12-17(8-10-21(19)31-20)24(3)13-22(29)26(4)23(25)27(24)14-30-15(2)28/h7-12,25H,13-14H2,1-4H3/t24-/m0/s1. The van der Waals surface area contributed by atoms with Crippen LogP contribution in [0.5, 0.6) is 0 Å². The Bertz CT molecular complexity index is 1300. The number of carbonyl (C=O) groups excluding carboxylic acids is 2. The summed E-state index contributed by atoms with van der Waals surface area (Å²) in [5.41, 5.74) is 1.03. The average Bonchev–Trinajstić information content (AvgIpc) is 3.09. The molecule has 1 aliphatic heterocycles. The minimum Gasteiger partial charge on any atom is -0.444 e. The fourth-order valence-electron chi connectivity index (χ4n) is 3.99. The lowest BCUT2D eigenvalue weighted by Crippen LogP contribution is -2.61. The van der Waals surface area contributed by atoms with E-state index in [-0.39, 0.29) is 25.0 Å². The number of rotatable bonds is 3. The van der Waals surface area contributed by atoms with Crippen LogP contribution in [0.3, 0.4) is 0 Å². The van der Waals surface area contributed by atoms with Crippen molar-refractivity contribution in [2.75, 3.05) is 13.8 Å². The second-order valence-corrected chi connectivity index (χ2v) is 8.90. The van der Waals surface area contributed by atoms with Gasteiger partial charge in [-0.3, -0.25) is 24.8 Å². The van der Waals surface area contributed by atoms with Crippen LogP contribution in [0, 0.1) is 17.3 Å². The number of carbonyl (C=O) groups is 2. The minimum absolute atomic E-state index is 0.00998. The first kappa shape index (κ1) is 20.9. The van der Waals surface area contributed by atoms with Gasteiger partial charge < -0.3 is 4.74 Å². The Morgan fingerprint density at radius 2 is 1.90 bits per heavy atom. The molecule has 0 bridgehead atoms. The van der Waals surface area contributed by atoms with Gasteiger partial charge in [0.05, 0.1) is 12.0 Å². The Kier molecular flexibility index (Phi) is 5.19. The molecule has 0 saturated carbocycles. The number of amides is 1. The van der Waals surface area contributed by atoms with Gasteiger partial charge in [0.1, 0.15) is 0 Å². The lowest BCUT2D eigenvalue weighted by atomic mass is 9.84. The maximum Gasteiger partial charge on any atom is 0.304 e. The van der Waals surface area contributed by atoms with E-state index in [2.05, 4.69) is 36.1 Å². The van der Waals surface area contributed by atoms with Gasteiger partial charge in [0.2, 0.25) is 11.9 Å². The zero-order valence-electron chi connectivity index (χ0n) is 17.9. The molecule has 0 spiro atoms. The summed E-state index contributed by atoms with van der Waals surface area (Å²) < 4.78 is 7.55. The molecule has 4 rings (SSSR count). The molecule has 1 N–H and O–H groups in total. The minimum atomic E-state index is -0.820. The lowest BCUT2D eigenvalue weighted by Gasteiger charge is -2.48. The summed E-state index contributed by atoms with van der Waals surface area (Å²) in [6.45, 7) is 4.97. The number of thiophene rings is 1. The Morgan fingerprint density at radius 1 is 1.23 bits per heavy atom. The van der Waals surface area contributed by atoms with Gasteiger partial charge in [-0.1, -0.05) is 12.0 Å². The molecule has 0 aliphatic carbocycles. The molecule has 6 nitrogen and oxygen atoms in total. The van der Waals surface area contributed by atoms with E-state index < -0.39 is 11.5 Å². The predicted molar refractivity (Wildman–Crippen MR) is 123 cm³/mol. The van der Waals surface area contributed by atoms with E-state index in [1.54, 1.807) is 23.3 Å². The van der Waals surface area contributed by atoms with Crippen molar-refractivity contribution < 1.29 is 14.3 Å². The van der Waals surface area contributed by atoms with Crippen LogP contribution in [0.25, 0.3) is 20.2 Å². The maximum absolute atomic E-state index is 12.7. The van der Waals surface area contributed by atoms with Crippen molar-refractivity contribution in [1.29, 1.82) is 5.41 Å². The van der Waals surface area contributed by atoms with E-state index in [1.807, 2.05) is 26.0 Å². The van der Waals surface area contributed by atoms with Gasteiger partial charge in [-0.25, -0.2) is 0 Å². The van der Waals surface area contributed by atoms with Gasteiger partial charge >= 0.3 is 5.97 Å². The van der Waals surface area contributed by atoms with Gasteiger partial charge in [-0.05, 0) is 49.7 Å². The van der Waals surface area contributed by atoms with Gasteiger partial charge in [-0.2, -0.15) is 0 Å². The number of fused-ring (bicyclic) bond motifs is 3. The number of nitrogens with one attached hydrogen (secondary N) is 1. The van der Waals surface area contributed by atoms with Crippen LogP contribution in [-0.4, -0.2) is 41.4 Å². The van der Waals surface area contributed by atoms with E-state index in [0.29, 0.717) is 0 Å². The van der Waals surface area contributed by atoms with E-state index in [4.69, 9.17) is 10.1 Å². The molecular formula is C24H23N3O3S. The fourth-order valence-corrected chi connectivity index (χ4v) is 5.06. The number of nitrogens with zero attached hydrogens (tertiary/aromatic N) is 2. The topological polar surface area (TPSA) is 73.7 Å². The molecule has 1 aromatic heterocycles. The highest BCUT2D eigenvalue weighted by molar-refractivity contribution is 7.25. The zero-order valence-corrected chi connectivity index (χ0v) is 18.7. The number of ether oxygens (including phenoxy) is 1. The molecule has 0 radical (unpaired) electrons. The third kappa shape index (κ3) is 3.53. The van der Waals surface area contributed by atoms with Gasteiger partial charge in [0, 0.05) is 39.7 Å². The van der Waals surface area contributed by atoms with Crippen molar-refractivity contribution in [2.45, 2.75) is 32.7 Å². The number of guanidine groups is 1. The molecule has 1 saturated heterocycles. The normalized spacial score (nSPS) is 19.0. The van der Waals surface area contributed by atoms with Crippen LogP contribution in [0.15, 0.2) is 36.4 Å². The molecule has 31 heavy (non-hydrogen) atoms. The molecule has 1 fully saturated rings. The van der Waals surface area contributed by atoms with E-state index in [9.17, 15) is 9.59 Å². The van der Waals surface area contributed by atoms with E-state index in [0.717, 1.165) is 26.6 Å². The molecule has 0 unspecified atom stereocenters. The molecule has 1 atom stereocenters. The van der Waals surface area contributed by atoms with Gasteiger partial charge in [0.25, 0.3) is 0 Å². The molecule has 2 aromatic carbocycles. The third-order valence-corrected chi connectivity index (χ3v) is 6.95. The summed E-state index contributed by atoms with van der Waals surface area (Å²) in [7, 11) is 1.57. The molecular weight excluding hydrogens is 410 g/mol. The average molecular weight is 434 g/mol. The van der Waals surface area contributed by atoms with E-state index in [1.165, 1.54) is 16.5 Å². The van der Waals surface area contributed by atoms with Crippen LogP contribution in [0.4, 0.5) is 0 Å². The van der Waals surface area contributed by atoms with Crippen LogP contribution in [0.2, 0.25) is 0 Å². The number of benzene rings is 2. The van der Waals surface area contributed by atoms with Crippen LogP contribution >= 0.6 is 11.3 Å². The van der Waals surface area contributed by atoms with E-state index >= 15 is 0 Å². The first-order chi connectivity index (χ1) is 14.7. The van der Waals surface area contributed by atoms with Crippen molar-refractivity contribution in [3.05, 3.63) is 47.5 Å². The largest absolute Gasteiger partial charge is 0.444 e. The first-order valence-corrected chi connectivity index (χ1v) is 10.7. The van der Waals surface area contributed by atoms with Gasteiger partial charge in [-0.15, -0.1) is 17.3 Å². The quantitative estimate of drug-likeness (QED) is 0.495. The molecule has 1 amide bonds.